The van der Waals surface area contributed by atoms with Gasteiger partial charge in [-0.2, -0.15) is 5.26 Å². The zero-order valence-electron chi connectivity index (χ0n) is 14.3. The highest BCUT2D eigenvalue weighted by atomic mass is 79.9. The highest BCUT2D eigenvalue weighted by Crippen LogP contribution is 2.37. The largest absolute Gasteiger partial charge is 0.493 e. The van der Waals surface area contributed by atoms with Gasteiger partial charge in [0, 0.05) is 10.7 Å². The van der Waals surface area contributed by atoms with E-state index in [-0.39, 0.29) is 12.2 Å². The van der Waals surface area contributed by atoms with Crippen LogP contribution in [0.1, 0.15) is 5.56 Å². The van der Waals surface area contributed by atoms with E-state index >= 15 is 0 Å². The van der Waals surface area contributed by atoms with Crippen LogP contribution in [0.5, 0.6) is 11.5 Å². The van der Waals surface area contributed by atoms with Gasteiger partial charge in [0.05, 0.1) is 11.6 Å². The summed E-state index contributed by atoms with van der Waals surface area (Å²) in [4.78, 5) is 12.4. The molecule has 0 spiro atoms. The normalized spacial score (nSPS) is 10.5. The standard InChI is InChI=1S/C20H14BrClN2O3/c1-3-7-27-19-17(21)9-13(10-18(19)26-2)8-14(12-23)20(25)24-16-6-4-5-15(22)11-16/h1,4-6,8-11H,7H2,2H3,(H,24,25)/b14-8+. The van der Waals surface area contributed by atoms with E-state index in [4.69, 9.17) is 27.5 Å². The van der Waals surface area contributed by atoms with Crippen molar-refractivity contribution >= 4 is 45.2 Å². The lowest BCUT2D eigenvalue weighted by molar-refractivity contribution is -0.112. The van der Waals surface area contributed by atoms with Crippen molar-refractivity contribution < 1.29 is 14.3 Å². The molecule has 0 bridgehead atoms. The van der Waals surface area contributed by atoms with E-state index in [9.17, 15) is 10.1 Å². The third kappa shape index (κ3) is 5.52. The van der Waals surface area contributed by atoms with Gasteiger partial charge in [-0.05, 0) is 57.9 Å². The SMILES string of the molecule is C#CCOc1c(Br)cc(/C=C(\C#N)C(=O)Nc2cccc(Cl)c2)cc1OC. The molecule has 27 heavy (non-hydrogen) atoms. The van der Waals surface area contributed by atoms with Crippen LogP contribution in [0.3, 0.4) is 0 Å². The van der Waals surface area contributed by atoms with Crippen LogP contribution in [-0.2, 0) is 4.79 Å². The Kier molecular flexibility index (Phi) is 7.31. The molecular formula is C20H14BrClN2O3. The van der Waals surface area contributed by atoms with E-state index in [0.29, 0.717) is 32.2 Å². The van der Waals surface area contributed by atoms with Crippen molar-refractivity contribution in [3.63, 3.8) is 0 Å². The first-order chi connectivity index (χ1) is 13.0. The molecule has 0 saturated carbocycles. The summed E-state index contributed by atoms with van der Waals surface area (Å²) >= 11 is 9.28. The first-order valence-electron chi connectivity index (χ1n) is 7.61. The lowest BCUT2D eigenvalue weighted by Gasteiger charge is -2.12. The van der Waals surface area contributed by atoms with Crippen LogP contribution in [0.4, 0.5) is 5.69 Å². The monoisotopic (exact) mass is 444 g/mol. The third-order valence-electron chi connectivity index (χ3n) is 3.31. The molecule has 2 rings (SSSR count). The van der Waals surface area contributed by atoms with Gasteiger partial charge in [-0.3, -0.25) is 4.79 Å². The number of hydrogen-bond acceptors (Lipinski definition) is 4. The van der Waals surface area contributed by atoms with Gasteiger partial charge in [-0.1, -0.05) is 23.6 Å². The average Bonchev–Trinajstić information content (AvgIpc) is 2.64. The first kappa shape index (κ1) is 20.4. The number of methoxy groups -OCH3 is 1. The van der Waals surface area contributed by atoms with E-state index in [1.165, 1.54) is 13.2 Å². The van der Waals surface area contributed by atoms with Crippen LogP contribution in [-0.4, -0.2) is 19.6 Å². The van der Waals surface area contributed by atoms with E-state index in [0.717, 1.165) is 0 Å². The number of nitrogens with zero attached hydrogens (tertiary/aromatic N) is 1. The molecule has 0 fully saturated rings. The number of hydrogen-bond donors (Lipinski definition) is 1. The van der Waals surface area contributed by atoms with Crippen molar-refractivity contribution in [1.82, 2.24) is 0 Å². The number of halogens is 2. The molecule has 0 atom stereocenters. The summed E-state index contributed by atoms with van der Waals surface area (Å²) in [5, 5.41) is 12.5. The van der Waals surface area contributed by atoms with Gasteiger partial charge in [0.1, 0.15) is 18.2 Å². The number of carbonyl (C=O) groups is 1. The minimum Gasteiger partial charge on any atom is -0.493 e. The zero-order valence-corrected chi connectivity index (χ0v) is 16.6. The molecule has 1 amide bonds. The summed E-state index contributed by atoms with van der Waals surface area (Å²) in [6, 6.07) is 11.9. The second kappa shape index (κ2) is 9.68. The van der Waals surface area contributed by atoms with Crippen LogP contribution in [0.2, 0.25) is 5.02 Å². The van der Waals surface area contributed by atoms with Gasteiger partial charge in [0.25, 0.3) is 5.91 Å². The Morgan fingerprint density at radius 3 is 2.81 bits per heavy atom. The van der Waals surface area contributed by atoms with E-state index < -0.39 is 5.91 Å². The van der Waals surface area contributed by atoms with Gasteiger partial charge in [0.2, 0.25) is 0 Å². The molecule has 5 nitrogen and oxygen atoms in total. The van der Waals surface area contributed by atoms with Crippen molar-refractivity contribution in [2.75, 3.05) is 19.0 Å². The van der Waals surface area contributed by atoms with Crippen molar-refractivity contribution in [1.29, 1.82) is 5.26 Å². The van der Waals surface area contributed by atoms with E-state index in [1.807, 2.05) is 6.07 Å². The van der Waals surface area contributed by atoms with Gasteiger partial charge < -0.3 is 14.8 Å². The van der Waals surface area contributed by atoms with Crippen molar-refractivity contribution in [2.24, 2.45) is 0 Å². The van der Waals surface area contributed by atoms with Crippen LogP contribution < -0.4 is 14.8 Å². The summed E-state index contributed by atoms with van der Waals surface area (Å²) in [5.74, 6) is 2.68. The zero-order chi connectivity index (χ0) is 19.8. The third-order valence-corrected chi connectivity index (χ3v) is 4.13. The topological polar surface area (TPSA) is 71.3 Å². The van der Waals surface area contributed by atoms with Gasteiger partial charge >= 0.3 is 0 Å². The Hall–Kier alpha value is -2.93. The highest BCUT2D eigenvalue weighted by molar-refractivity contribution is 9.10. The smallest absolute Gasteiger partial charge is 0.266 e. The fourth-order valence-electron chi connectivity index (χ4n) is 2.16. The first-order valence-corrected chi connectivity index (χ1v) is 8.78. The molecule has 1 N–H and O–H groups in total. The van der Waals surface area contributed by atoms with Crippen molar-refractivity contribution in [2.45, 2.75) is 0 Å². The molecule has 0 heterocycles. The number of amides is 1. The predicted octanol–water partition coefficient (Wildman–Crippen LogP) is 4.67. The summed E-state index contributed by atoms with van der Waals surface area (Å²) in [6.45, 7) is 0.0790. The molecule has 136 valence electrons. The maximum Gasteiger partial charge on any atom is 0.266 e. The molecule has 2 aromatic carbocycles. The molecule has 0 saturated heterocycles. The second-order valence-electron chi connectivity index (χ2n) is 5.16. The molecule has 0 aliphatic carbocycles. The maximum absolute atomic E-state index is 12.4. The Bertz CT molecular complexity index is 974. The van der Waals surface area contributed by atoms with Crippen LogP contribution in [0, 0.1) is 23.7 Å². The molecule has 0 radical (unpaired) electrons. The van der Waals surface area contributed by atoms with Gasteiger partial charge in [-0.25, -0.2) is 0 Å². The van der Waals surface area contributed by atoms with Crippen LogP contribution in [0.15, 0.2) is 46.4 Å². The minimum atomic E-state index is -0.553. The number of benzene rings is 2. The number of terminal acetylenes is 1. The van der Waals surface area contributed by atoms with Crippen molar-refractivity contribution in [3.8, 4) is 29.9 Å². The number of ether oxygens (including phenoxy) is 2. The molecule has 7 heteroatoms. The lowest BCUT2D eigenvalue weighted by Crippen LogP contribution is -2.13. The van der Waals surface area contributed by atoms with Gasteiger partial charge in [-0.15, -0.1) is 6.42 Å². The summed E-state index contributed by atoms with van der Waals surface area (Å²) in [5.41, 5.74) is 0.983. The summed E-state index contributed by atoms with van der Waals surface area (Å²) < 4.78 is 11.3. The second-order valence-corrected chi connectivity index (χ2v) is 6.45. The maximum atomic E-state index is 12.4. The molecule has 0 aliphatic rings. The number of nitrogens with one attached hydrogen (secondary N) is 1. The molecule has 0 aliphatic heterocycles. The summed E-state index contributed by atoms with van der Waals surface area (Å²) in [6.07, 6.45) is 6.65. The fourth-order valence-corrected chi connectivity index (χ4v) is 2.92. The highest BCUT2D eigenvalue weighted by Gasteiger charge is 2.14. The molecule has 0 aromatic heterocycles. The van der Waals surface area contributed by atoms with Gasteiger partial charge in [0.15, 0.2) is 11.5 Å². The minimum absolute atomic E-state index is 0.0790. The van der Waals surface area contributed by atoms with Crippen LogP contribution in [0.25, 0.3) is 6.08 Å². The fraction of sp³-hybridized carbons (Fsp3) is 0.100. The molecule has 0 unspecified atom stereocenters. The Balaban J connectivity index is 2.31. The Labute approximate surface area is 170 Å². The number of rotatable bonds is 6. The Morgan fingerprint density at radius 1 is 1.41 bits per heavy atom. The number of nitriles is 1. The molecule has 2 aromatic rings. The predicted molar refractivity (Wildman–Crippen MR) is 109 cm³/mol. The lowest BCUT2D eigenvalue weighted by atomic mass is 10.1. The summed E-state index contributed by atoms with van der Waals surface area (Å²) in [7, 11) is 1.48. The van der Waals surface area contributed by atoms with E-state index in [2.05, 4.69) is 27.2 Å². The van der Waals surface area contributed by atoms with Crippen molar-refractivity contribution in [3.05, 3.63) is 57.0 Å². The van der Waals surface area contributed by atoms with E-state index in [1.54, 1.807) is 36.4 Å². The van der Waals surface area contributed by atoms with Crippen LogP contribution >= 0.6 is 27.5 Å². The number of anilines is 1. The molecular weight excluding hydrogens is 432 g/mol. The quantitative estimate of drug-likeness (QED) is 0.398. The Morgan fingerprint density at radius 2 is 2.19 bits per heavy atom. The number of carbonyl (C=O) groups excluding carboxylic acids is 1. The average molecular weight is 446 g/mol.